The molecule has 3 rings (SSSR count). The quantitative estimate of drug-likeness (QED) is 0.734. The Kier molecular flexibility index (Phi) is 6.86. The van der Waals surface area contributed by atoms with Crippen LogP contribution in [0.15, 0.2) is 39.9 Å². The normalized spacial score (nSPS) is 15.4. The third-order valence-corrected chi connectivity index (χ3v) is 4.98. The predicted octanol–water partition coefficient (Wildman–Crippen LogP) is 2.00. The summed E-state index contributed by atoms with van der Waals surface area (Å²) in [4.78, 5) is 30.7. The van der Waals surface area contributed by atoms with Gasteiger partial charge in [-0.2, -0.15) is 13.2 Å². The summed E-state index contributed by atoms with van der Waals surface area (Å²) in [5.41, 5.74) is 0.479. The van der Waals surface area contributed by atoms with E-state index in [1.54, 1.807) is 31.2 Å². The number of benzene rings is 1. The highest BCUT2D eigenvalue weighted by molar-refractivity contribution is 5.58. The van der Waals surface area contributed by atoms with E-state index in [1.807, 2.05) is 4.90 Å². The van der Waals surface area contributed by atoms with Gasteiger partial charge in [0.15, 0.2) is 6.61 Å². The molecule has 10 heteroatoms. The Morgan fingerprint density at radius 3 is 2.43 bits per heavy atom. The summed E-state index contributed by atoms with van der Waals surface area (Å²) in [6.45, 7) is 4.16. The van der Waals surface area contributed by atoms with Crippen molar-refractivity contribution >= 4 is 5.69 Å². The number of ether oxygens (including phenoxy) is 1. The monoisotopic (exact) mass is 426 g/mol. The second kappa shape index (κ2) is 9.38. The number of alkyl halides is 3. The van der Waals surface area contributed by atoms with Gasteiger partial charge in [-0.3, -0.25) is 14.3 Å². The molecule has 1 aromatic carbocycles. The van der Waals surface area contributed by atoms with E-state index in [0.29, 0.717) is 37.4 Å². The van der Waals surface area contributed by atoms with E-state index in [-0.39, 0.29) is 11.3 Å². The van der Waals surface area contributed by atoms with Crippen molar-refractivity contribution in [3.63, 3.8) is 0 Å². The molecule has 0 radical (unpaired) electrons. The maximum atomic E-state index is 12.5. The fraction of sp³-hybridized carbons (Fsp3) is 0.500. The number of aromatic amines is 1. The molecule has 0 unspecified atom stereocenters. The van der Waals surface area contributed by atoms with Gasteiger partial charge in [0, 0.05) is 44.5 Å². The lowest BCUT2D eigenvalue weighted by Crippen LogP contribution is -2.47. The fourth-order valence-corrected chi connectivity index (χ4v) is 3.51. The highest BCUT2D eigenvalue weighted by Crippen LogP contribution is 2.30. The van der Waals surface area contributed by atoms with E-state index in [2.05, 4.69) is 9.88 Å². The molecular weight excluding hydrogens is 401 g/mol. The molecule has 0 aliphatic carbocycles. The number of rotatable bonds is 7. The first-order valence-corrected chi connectivity index (χ1v) is 9.79. The Balaban J connectivity index is 1.51. The average Bonchev–Trinajstić information content (AvgIpc) is 2.68. The van der Waals surface area contributed by atoms with Gasteiger partial charge in [0.05, 0.1) is 5.69 Å². The lowest BCUT2D eigenvalue weighted by atomic mass is 10.2. The molecule has 1 fully saturated rings. The number of aromatic nitrogens is 2. The number of para-hydroxylation sites is 2. The van der Waals surface area contributed by atoms with Crippen LogP contribution in [0.5, 0.6) is 5.75 Å². The first-order valence-electron chi connectivity index (χ1n) is 9.79. The summed E-state index contributed by atoms with van der Waals surface area (Å²) in [5.74, 6) is 0.223. The highest BCUT2D eigenvalue weighted by Gasteiger charge is 2.29. The van der Waals surface area contributed by atoms with Crippen molar-refractivity contribution < 1.29 is 17.9 Å². The van der Waals surface area contributed by atoms with E-state index in [1.165, 1.54) is 10.6 Å². The Hall–Kier alpha value is -2.75. The van der Waals surface area contributed by atoms with Crippen LogP contribution in [0.1, 0.15) is 12.1 Å². The number of hydrogen-bond acceptors (Lipinski definition) is 5. The molecule has 0 spiro atoms. The van der Waals surface area contributed by atoms with Crippen LogP contribution in [-0.2, 0) is 6.54 Å². The third kappa shape index (κ3) is 5.88. The highest BCUT2D eigenvalue weighted by atomic mass is 19.4. The number of nitrogens with one attached hydrogen (secondary N) is 1. The summed E-state index contributed by atoms with van der Waals surface area (Å²) in [7, 11) is 0. The summed E-state index contributed by atoms with van der Waals surface area (Å²) >= 11 is 0. The molecule has 7 nitrogen and oxygen atoms in total. The van der Waals surface area contributed by atoms with Crippen molar-refractivity contribution in [2.24, 2.45) is 0 Å². The molecule has 1 aliphatic rings. The predicted molar refractivity (Wildman–Crippen MR) is 107 cm³/mol. The second-order valence-corrected chi connectivity index (χ2v) is 7.30. The number of halogens is 3. The number of aryl methyl sites for hydroxylation is 1. The lowest BCUT2D eigenvalue weighted by Gasteiger charge is -2.36. The fourth-order valence-electron chi connectivity index (χ4n) is 3.51. The maximum absolute atomic E-state index is 12.5. The van der Waals surface area contributed by atoms with Crippen LogP contribution in [0.3, 0.4) is 0 Å². The van der Waals surface area contributed by atoms with Crippen LogP contribution in [0.2, 0.25) is 0 Å². The number of piperazine rings is 1. The standard InChI is InChI=1S/C20H25F3N4O3/c1-15-13-18(28)27(19(29)24-15)8-4-7-25-9-11-26(12-10-25)16-5-2-3-6-17(16)30-14-20(21,22)23/h2-3,5-6,13H,4,7-12,14H2,1H3,(H,24,29). The first-order chi connectivity index (χ1) is 14.2. The molecule has 2 aromatic rings. The number of anilines is 1. The summed E-state index contributed by atoms with van der Waals surface area (Å²) in [6, 6.07) is 8.14. The molecule has 1 saturated heterocycles. The zero-order chi connectivity index (χ0) is 21.7. The van der Waals surface area contributed by atoms with Gasteiger partial charge in [0.1, 0.15) is 5.75 Å². The maximum Gasteiger partial charge on any atom is 0.422 e. The molecule has 30 heavy (non-hydrogen) atoms. The van der Waals surface area contributed by atoms with Crippen LogP contribution in [0.25, 0.3) is 0 Å². The molecule has 1 N–H and O–H groups in total. The Bertz CT molecular complexity index is 931. The van der Waals surface area contributed by atoms with E-state index in [4.69, 9.17) is 4.74 Å². The van der Waals surface area contributed by atoms with Gasteiger partial charge in [-0.15, -0.1) is 0 Å². The van der Waals surface area contributed by atoms with Gasteiger partial charge in [-0.05, 0) is 32.0 Å². The minimum atomic E-state index is -4.38. The van der Waals surface area contributed by atoms with Crippen LogP contribution in [0, 0.1) is 6.92 Å². The topological polar surface area (TPSA) is 70.6 Å². The minimum absolute atomic E-state index is 0.223. The zero-order valence-corrected chi connectivity index (χ0v) is 16.7. The summed E-state index contributed by atoms with van der Waals surface area (Å²) in [5, 5.41) is 0. The Labute approximate surface area is 171 Å². The van der Waals surface area contributed by atoms with E-state index in [0.717, 1.165) is 19.6 Å². The van der Waals surface area contributed by atoms with Crippen molar-refractivity contribution in [3.05, 3.63) is 56.9 Å². The molecule has 0 amide bonds. The van der Waals surface area contributed by atoms with Gasteiger partial charge >= 0.3 is 11.9 Å². The molecule has 2 heterocycles. The van der Waals surface area contributed by atoms with E-state index >= 15 is 0 Å². The Morgan fingerprint density at radius 1 is 1.07 bits per heavy atom. The molecule has 0 bridgehead atoms. The average molecular weight is 426 g/mol. The Morgan fingerprint density at radius 2 is 1.77 bits per heavy atom. The van der Waals surface area contributed by atoms with Gasteiger partial charge in [-0.1, -0.05) is 12.1 Å². The smallest absolute Gasteiger partial charge is 0.422 e. The van der Waals surface area contributed by atoms with Crippen LogP contribution >= 0.6 is 0 Å². The van der Waals surface area contributed by atoms with Crippen molar-refractivity contribution in [1.82, 2.24) is 14.5 Å². The van der Waals surface area contributed by atoms with Crippen LogP contribution in [-0.4, -0.2) is 60.0 Å². The summed E-state index contributed by atoms with van der Waals surface area (Å²) in [6.07, 6.45) is -3.73. The zero-order valence-electron chi connectivity index (χ0n) is 16.7. The van der Waals surface area contributed by atoms with E-state index in [9.17, 15) is 22.8 Å². The minimum Gasteiger partial charge on any atom is -0.482 e. The number of hydrogen-bond donors (Lipinski definition) is 1. The molecular formula is C20H25F3N4O3. The SMILES string of the molecule is Cc1cc(=O)n(CCCN2CCN(c3ccccc3OCC(F)(F)F)CC2)c(=O)[nH]1. The molecule has 164 valence electrons. The lowest BCUT2D eigenvalue weighted by molar-refractivity contribution is -0.153. The number of H-pyrrole nitrogens is 1. The van der Waals surface area contributed by atoms with Gasteiger partial charge in [-0.25, -0.2) is 4.79 Å². The van der Waals surface area contributed by atoms with Crippen molar-refractivity contribution in [1.29, 1.82) is 0 Å². The van der Waals surface area contributed by atoms with Gasteiger partial charge in [0.2, 0.25) is 0 Å². The van der Waals surface area contributed by atoms with Crippen molar-refractivity contribution in [2.75, 3.05) is 44.2 Å². The van der Waals surface area contributed by atoms with Crippen molar-refractivity contribution in [3.8, 4) is 5.75 Å². The van der Waals surface area contributed by atoms with Crippen LogP contribution in [0.4, 0.5) is 18.9 Å². The van der Waals surface area contributed by atoms with Crippen molar-refractivity contribution in [2.45, 2.75) is 26.1 Å². The third-order valence-electron chi connectivity index (χ3n) is 4.98. The second-order valence-electron chi connectivity index (χ2n) is 7.30. The molecule has 0 atom stereocenters. The molecule has 0 saturated carbocycles. The number of nitrogens with zero attached hydrogens (tertiary/aromatic N) is 3. The van der Waals surface area contributed by atoms with Gasteiger partial charge < -0.3 is 14.6 Å². The van der Waals surface area contributed by atoms with Crippen LogP contribution < -0.4 is 20.9 Å². The molecule has 1 aromatic heterocycles. The van der Waals surface area contributed by atoms with Gasteiger partial charge in [0.25, 0.3) is 5.56 Å². The largest absolute Gasteiger partial charge is 0.482 e. The first kappa shape index (κ1) is 21.9. The van der Waals surface area contributed by atoms with E-state index < -0.39 is 18.5 Å². The summed E-state index contributed by atoms with van der Waals surface area (Å²) < 4.78 is 43.6. The molecule has 1 aliphatic heterocycles.